The van der Waals surface area contributed by atoms with Crippen molar-refractivity contribution in [2.24, 2.45) is 11.0 Å². The molecule has 1 N–H and O–H groups in total. The van der Waals surface area contributed by atoms with Crippen LogP contribution in [0.5, 0.6) is 5.75 Å². The Hall–Kier alpha value is -3.20. The zero-order valence-electron chi connectivity index (χ0n) is 14.0. The number of rotatable bonds is 6. The second-order valence-corrected chi connectivity index (χ2v) is 5.78. The normalized spacial score (nSPS) is 10.7. The monoisotopic (exact) mass is 339 g/mol. The van der Waals surface area contributed by atoms with Gasteiger partial charge in [-0.3, -0.25) is 4.79 Å². The molecule has 0 spiro atoms. The van der Waals surface area contributed by atoms with Crippen LogP contribution >= 0.6 is 0 Å². The van der Waals surface area contributed by atoms with E-state index < -0.39 is 11.7 Å². The van der Waals surface area contributed by atoms with Crippen LogP contribution in [0, 0.1) is 23.1 Å². The van der Waals surface area contributed by atoms with Crippen molar-refractivity contribution in [2.75, 3.05) is 6.61 Å². The maximum atomic E-state index is 13.7. The second-order valence-electron chi connectivity index (χ2n) is 5.78. The molecule has 0 saturated carbocycles. The van der Waals surface area contributed by atoms with Crippen molar-refractivity contribution in [3.05, 3.63) is 65.0 Å². The number of nitrogens with zero attached hydrogens (tertiary/aromatic N) is 2. The fourth-order valence-corrected chi connectivity index (χ4v) is 1.91. The van der Waals surface area contributed by atoms with Crippen LogP contribution in [0.2, 0.25) is 0 Å². The van der Waals surface area contributed by atoms with E-state index in [9.17, 15) is 9.18 Å². The minimum Gasteiger partial charge on any atom is -0.493 e. The Balaban J connectivity index is 1.94. The van der Waals surface area contributed by atoms with Crippen molar-refractivity contribution < 1.29 is 13.9 Å². The zero-order valence-corrected chi connectivity index (χ0v) is 14.0. The number of hydrazone groups is 1. The van der Waals surface area contributed by atoms with Crippen LogP contribution < -0.4 is 10.2 Å². The summed E-state index contributed by atoms with van der Waals surface area (Å²) in [6.07, 6.45) is 1.45. The molecule has 6 heteroatoms. The van der Waals surface area contributed by atoms with Gasteiger partial charge in [0.05, 0.1) is 30.0 Å². The first kappa shape index (κ1) is 18.1. The van der Waals surface area contributed by atoms with Gasteiger partial charge in [-0.15, -0.1) is 0 Å². The summed E-state index contributed by atoms with van der Waals surface area (Å²) in [4.78, 5) is 11.9. The molecule has 5 nitrogen and oxygen atoms in total. The average molecular weight is 339 g/mol. The van der Waals surface area contributed by atoms with E-state index in [-0.39, 0.29) is 11.1 Å². The Morgan fingerprint density at radius 2 is 2.04 bits per heavy atom. The number of hydrogen-bond acceptors (Lipinski definition) is 4. The van der Waals surface area contributed by atoms with Gasteiger partial charge in [0.25, 0.3) is 5.91 Å². The Kier molecular flexibility index (Phi) is 6.24. The van der Waals surface area contributed by atoms with Gasteiger partial charge in [-0.1, -0.05) is 13.8 Å². The summed E-state index contributed by atoms with van der Waals surface area (Å²) in [7, 11) is 0. The first-order valence-corrected chi connectivity index (χ1v) is 7.75. The lowest BCUT2D eigenvalue weighted by Gasteiger charge is -2.08. The van der Waals surface area contributed by atoms with Crippen LogP contribution in [0.4, 0.5) is 4.39 Å². The van der Waals surface area contributed by atoms with Crippen molar-refractivity contribution >= 4 is 12.1 Å². The van der Waals surface area contributed by atoms with E-state index >= 15 is 0 Å². The Labute approximate surface area is 145 Å². The van der Waals surface area contributed by atoms with E-state index in [4.69, 9.17) is 10.00 Å². The van der Waals surface area contributed by atoms with Crippen molar-refractivity contribution in [3.63, 3.8) is 0 Å². The van der Waals surface area contributed by atoms with Crippen LogP contribution in [-0.4, -0.2) is 18.7 Å². The van der Waals surface area contributed by atoms with E-state index in [0.29, 0.717) is 12.5 Å². The van der Waals surface area contributed by atoms with Gasteiger partial charge in [0.15, 0.2) is 0 Å². The molecule has 0 aliphatic carbocycles. The van der Waals surface area contributed by atoms with Gasteiger partial charge in [-0.05, 0) is 53.9 Å². The summed E-state index contributed by atoms with van der Waals surface area (Å²) in [6, 6.07) is 12.7. The summed E-state index contributed by atoms with van der Waals surface area (Å²) in [6.45, 7) is 4.78. The molecule has 2 rings (SSSR count). The van der Waals surface area contributed by atoms with E-state index in [1.54, 1.807) is 18.2 Å². The van der Waals surface area contributed by atoms with E-state index in [0.717, 1.165) is 17.4 Å². The predicted molar refractivity (Wildman–Crippen MR) is 93.0 cm³/mol. The quantitative estimate of drug-likeness (QED) is 0.646. The predicted octanol–water partition coefficient (Wildman–Crippen LogP) is 3.50. The number of halogens is 1. The number of nitriles is 1. The molecule has 0 aliphatic heterocycles. The Morgan fingerprint density at radius 1 is 1.32 bits per heavy atom. The maximum Gasteiger partial charge on any atom is 0.274 e. The molecule has 0 unspecified atom stereocenters. The number of amides is 1. The molecule has 2 aromatic rings. The Morgan fingerprint density at radius 3 is 2.64 bits per heavy atom. The smallest absolute Gasteiger partial charge is 0.274 e. The zero-order chi connectivity index (χ0) is 18.2. The molecule has 0 radical (unpaired) electrons. The third-order valence-electron chi connectivity index (χ3n) is 3.19. The first-order chi connectivity index (χ1) is 12.0. The summed E-state index contributed by atoms with van der Waals surface area (Å²) in [5.41, 5.74) is 3.00. The van der Waals surface area contributed by atoms with Crippen LogP contribution in [0.15, 0.2) is 47.6 Å². The van der Waals surface area contributed by atoms with Gasteiger partial charge in [-0.25, -0.2) is 9.82 Å². The number of benzene rings is 2. The highest BCUT2D eigenvalue weighted by Gasteiger charge is 2.11. The molecule has 0 saturated heterocycles. The second kappa shape index (κ2) is 8.60. The van der Waals surface area contributed by atoms with Gasteiger partial charge < -0.3 is 4.74 Å². The van der Waals surface area contributed by atoms with Crippen molar-refractivity contribution in [2.45, 2.75) is 13.8 Å². The average Bonchev–Trinajstić information content (AvgIpc) is 2.60. The van der Waals surface area contributed by atoms with Crippen molar-refractivity contribution in [1.29, 1.82) is 5.26 Å². The highest BCUT2D eigenvalue weighted by atomic mass is 19.1. The maximum absolute atomic E-state index is 13.7. The fraction of sp³-hybridized carbons (Fsp3) is 0.211. The summed E-state index contributed by atoms with van der Waals surface area (Å²) in [5.74, 6) is -0.248. The molecule has 25 heavy (non-hydrogen) atoms. The molecule has 128 valence electrons. The lowest BCUT2D eigenvalue weighted by atomic mass is 10.1. The van der Waals surface area contributed by atoms with Crippen molar-refractivity contribution in [3.8, 4) is 11.8 Å². The number of ether oxygens (including phenoxy) is 1. The molecule has 0 aliphatic rings. The minimum absolute atomic E-state index is 0.150. The Bertz CT molecular complexity index is 808. The molecule has 1 amide bonds. The van der Waals surface area contributed by atoms with E-state index in [1.807, 2.05) is 12.1 Å². The number of hydrogen-bond donors (Lipinski definition) is 1. The van der Waals surface area contributed by atoms with Crippen LogP contribution in [0.3, 0.4) is 0 Å². The molecular formula is C19H18FN3O2. The minimum atomic E-state index is -0.765. The highest BCUT2D eigenvalue weighted by Crippen LogP contribution is 2.12. The van der Waals surface area contributed by atoms with Crippen LogP contribution in [0.25, 0.3) is 0 Å². The molecule has 0 fully saturated rings. The molecule has 0 aromatic heterocycles. The summed E-state index contributed by atoms with van der Waals surface area (Å²) in [5, 5.41) is 12.5. The summed E-state index contributed by atoms with van der Waals surface area (Å²) < 4.78 is 19.3. The number of nitrogens with one attached hydrogen (secondary N) is 1. The molecule has 0 atom stereocenters. The largest absolute Gasteiger partial charge is 0.493 e. The van der Waals surface area contributed by atoms with Gasteiger partial charge >= 0.3 is 0 Å². The molecular weight excluding hydrogens is 321 g/mol. The number of carbonyl (C=O) groups excluding carboxylic acids is 1. The van der Waals surface area contributed by atoms with Gasteiger partial charge in [0, 0.05) is 0 Å². The lowest BCUT2D eigenvalue weighted by Crippen LogP contribution is -2.19. The van der Waals surface area contributed by atoms with Gasteiger partial charge in [0.1, 0.15) is 11.6 Å². The lowest BCUT2D eigenvalue weighted by molar-refractivity contribution is 0.0951. The highest BCUT2D eigenvalue weighted by molar-refractivity contribution is 5.95. The van der Waals surface area contributed by atoms with Gasteiger partial charge in [-0.2, -0.15) is 10.4 Å². The van der Waals surface area contributed by atoms with Crippen molar-refractivity contribution in [1.82, 2.24) is 5.43 Å². The fourth-order valence-electron chi connectivity index (χ4n) is 1.91. The first-order valence-electron chi connectivity index (χ1n) is 7.75. The standard InChI is InChI=1S/C19H18FN3O2/c1-13(2)12-25-16-6-3-14(4-7-16)11-22-23-19(24)17-8-5-15(10-21)9-18(17)20/h3-9,11,13H,12H2,1-2H3,(H,23,24)/b22-11-. The van der Waals surface area contributed by atoms with E-state index in [1.165, 1.54) is 18.3 Å². The SMILES string of the molecule is CC(C)COc1ccc(/C=N\NC(=O)c2ccc(C#N)cc2F)cc1. The van der Waals surface area contributed by atoms with E-state index in [2.05, 4.69) is 24.4 Å². The van der Waals surface area contributed by atoms with Gasteiger partial charge in [0.2, 0.25) is 0 Å². The number of carbonyl (C=O) groups is 1. The third kappa shape index (κ3) is 5.43. The van der Waals surface area contributed by atoms with Crippen LogP contribution in [-0.2, 0) is 0 Å². The summed E-state index contributed by atoms with van der Waals surface area (Å²) >= 11 is 0. The third-order valence-corrected chi connectivity index (χ3v) is 3.19. The molecule has 0 bridgehead atoms. The molecule has 0 heterocycles. The van der Waals surface area contributed by atoms with Crippen LogP contribution in [0.1, 0.15) is 35.3 Å². The topological polar surface area (TPSA) is 74.5 Å². The molecule has 2 aromatic carbocycles.